The van der Waals surface area contributed by atoms with Crippen LogP contribution in [-0.2, 0) is 6.54 Å². The molecule has 1 heterocycles. The predicted molar refractivity (Wildman–Crippen MR) is 47.1 cm³/mol. The highest BCUT2D eigenvalue weighted by Crippen LogP contribution is 2.07. The van der Waals surface area contributed by atoms with E-state index in [1.54, 1.807) is 11.3 Å². The Morgan fingerprint density at radius 1 is 1.60 bits per heavy atom. The van der Waals surface area contributed by atoms with Gasteiger partial charge < -0.3 is 4.90 Å². The molecular formula is C7H10BNS. The molecule has 0 aromatic carbocycles. The average molecular weight is 151 g/mol. The quantitative estimate of drug-likeness (QED) is 0.559. The highest BCUT2D eigenvalue weighted by atomic mass is 32.1. The minimum Gasteiger partial charge on any atom is -0.304 e. The molecular weight excluding hydrogens is 141 g/mol. The zero-order chi connectivity index (χ0) is 7.56. The van der Waals surface area contributed by atoms with Crippen molar-refractivity contribution in [3.05, 3.63) is 16.3 Å². The number of rotatable bonds is 2. The van der Waals surface area contributed by atoms with Gasteiger partial charge in [-0.05, 0) is 19.5 Å². The molecule has 0 atom stereocenters. The van der Waals surface area contributed by atoms with E-state index >= 15 is 0 Å². The largest absolute Gasteiger partial charge is 0.304 e. The summed E-state index contributed by atoms with van der Waals surface area (Å²) < 4.78 is 0. The Morgan fingerprint density at radius 3 is 2.70 bits per heavy atom. The van der Waals surface area contributed by atoms with Crippen molar-refractivity contribution >= 4 is 24.6 Å². The van der Waals surface area contributed by atoms with Crippen molar-refractivity contribution in [2.75, 3.05) is 14.1 Å². The highest BCUT2D eigenvalue weighted by Gasteiger charge is 1.96. The molecule has 2 radical (unpaired) electrons. The van der Waals surface area contributed by atoms with Crippen LogP contribution >= 0.6 is 11.3 Å². The van der Waals surface area contributed by atoms with Crippen LogP contribution in [0.4, 0.5) is 0 Å². The Balaban J connectivity index is 2.58. The van der Waals surface area contributed by atoms with Gasteiger partial charge in [-0.3, -0.25) is 0 Å². The van der Waals surface area contributed by atoms with E-state index in [4.69, 9.17) is 7.85 Å². The van der Waals surface area contributed by atoms with Gasteiger partial charge in [0, 0.05) is 11.4 Å². The Bertz CT molecular complexity index is 207. The maximum atomic E-state index is 5.55. The fourth-order valence-corrected chi connectivity index (χ4v) is 1.68. The summed E-state index contributed by atoms with van der Waals surface area (Å²) in [6, 6.07) is 2.02. The molecule has 0 unspecified atom stereocenters. The molecule has 0 aliphatic rings. The first-order chi connectivity index (χ1) is 4.68. The van der Waals surface area contributed by atoms with Gasteiger partial charge in [-0.15, -0.1) is 11.3 Å². The maximum absolute atomic E-state index is 5.55. The van der Waals surface area contributed by atoms with Crippen LogP contribution in [0.1, 0.15) is 4.88 Å². The van der Waals surface area contributed by atoms with E-state index in [2.05, 4.69) is 19.0 Å². The van der Waals surface area contributed by atoms with Crippen LogP contribution in [0.25, 0.3) is 0 Å². The van der Waals surface area contributed by atoms with Gasteiger partial charge in [0.15, 0.2) is 0 Å². The molecule has 0 spiro atoms. The highest BCUT2D eigenvalue weighted by molar-refractivity contribution is 7.10. The fourth-order valence-electron chi connectivity index (χ4n) is 0.792. The van der Waals surface area contributed by atoms with Gasteiger partial charge in [-0.1, -0.05) is 11.5 Å². The van der Waals surface area contributed by atoms with Crippen molar-refractivity contribution in [2.24, 2.45) is 0 Å². The van der Waals surface area contributed by atoms with Gasteiger partial charge in [-0.2, -0.15) is 0 Å². The Kier molecular flexibility index (Phi) is 2.52. The van der Waals surface area contributed by atoms with E-state index < -0.39 is 0 Å². The van der Waals surface area contributed by atoms with Crippen molar-refractivity contribution in [3.8, 4) is 0 Å². The lowest BCUT2D eigenvalue weighted by Gasteiger charge is -2.05. The molecule has 0 amide bonds. The summed E-state index contributed by atoms with van der Waals surface area (Å²) in [5.41, 5.74) is 0.877. The smallest absolute Gasteiger partial charge is 0.114 e. The van der Waals surface area contributed by atoms with Crippen molar-refractivity contribution in [3.63, 3.8) is 0 Å². The van der Waals surface area contributed by atoms with E-state index in [0.29, 0.717) is 0 Å². The molecule has 10 heavy (non-hydrogen) atoms. The van der Waals surface area contributed by atoms with Crippen LogP contribution in [-0.4, -0.2) is 26.8 Å². The van der Waals surface area contributed by atoms with Crippen LogP contribution in [0.3, 0.4) is 0 Å². The van der Waals surface area contributed by atoms with Crippen molar-refractivity contribution in [1.29, 1.82) is 0 Å². The molecule has 3 heteroatoms. The predicted octanol–water partition coefficient (Wildman–Crippen LogP) is 0.604. The maximum Gasteiger partial charge on any atom is 0.114 e. The zero-order valence-electron chi connectivity index (χ0n) is 6.29. The van der Waals surface area contributed by atoms with Crippen LogP contribution in [0.2, 0.25) is 0 Å². The van der Waals surface area contributed by atoms with Crippen molar-refractivity contribution in [1.82, 2.24) is 4.90 Å². The van der Waals surface area contributed by atoms with Crippen LogP contribution < -0.4 is 5.46 Å². The third-order valence-electron chi connectivity index (χ3n) is 1.15. The standard InChI is InChI=1S/C7H10BNS/c1-9(2)4-7-3-6(8)5-10-7/h3,5H,4H2,1-2H3. The topological polar surface area (TPSA) is 3.24 Å². The lowest BCUT2D eigenvalue weighted by atomic mass is 10.0. The minimum atomic E-state index is 0.877. The van der Waals surface area contributed by atoms with Crippen LogP contribution in [0.5, 0.6) is 0 Å². The average Bonchev–Trinajstić information content (AvgIpc) is 2.13. The summed E-state index contributed by atoms with van der Waals surface area (Å²) in [5, 5.41) is 1.97. The molecule has 0 bridgehead atoms. The van der Waals surface area contributed by atoms with E-state index in [1.807, 2.05) is 11.4 Å². The number of nitrogens with zero attached hydrogens (tertiary/aromatic N) is 1. The summed E-state index contributed by atoms with van der Waals surface area (Å²) in [4.78, 5) is 3.45. The van der Waals surface area contributed by atoms with Gasteiger partial charge >= 0.3 is 0 Å². The van der Waals surface area contributed by atoms with Gasteiger partial charge in [0.05, 0.1) is 0 Å². The lowest BCUT2D eigenvalue weighted by Crippen LogP contribution is -2.09. The molecule has 52 valence electrons. The zero-order valence-corrected chi connectivity index (χ0v) is 7.11. The molecule has 0 saturated carbocycles. The van der Waals surface area contributed by atoms with E-state index in [0.717, 1.165) is 12.0 Å². The number of hydrogen-bond acceptors (Lipinski definition) is 2. The molecule has 1 aromatic rings. The Labute approximate surface area is 67.1 Å². The van der Waals surface area contributed by atoms with E-state index in [1.165, 1.54) is 4.88 Å². The molecule has 0 aliphatic carbocycles. The molecule has 0 N–H and O–H groups in total. The third-order valence-corrected chi connectivity index (χ3v) is 2.09. The summed E-state index contributed by atoms with van der Waals surface area (Å²) in [6.07, 6.45) is 0. The first kappa shape index (κ1) is 7.83. The Hall–Kier alpha value is -0.275. The number of thiophene rings is 1. The second-order valence-electron chi connectivity index (χ2n) is 2.58. The summed E-state index contributed by atoms with van der Waals surface area (Å²) >= 11 is 1.71. The first-order valence-corrected chi connectivity index (χ1v) is 4.04. The molecule has 0 fully saturated rings. The SMILES string of the molecule is [B]c1csc(CN(C)C)c1. The summed E-state index contributed by atoms with van der Waals surface area (Å²) in [7, 11) is 9.65. The van der Waals surface area contributed by atoms with Gasteiger partial charge in [0.2, 0.25) is 0 Å². The first-order valence-electron chi connectivity index (χ1n) is 3.16. The van der Waals surface area contributed by atoms with Crippen LogP contribution in [0.15, 0.2) is 11.4 Å². The monoisotopic (exact) mass is 151 g/mol. The van der Waals surface area contributed by atoms with Crippen molar-refractivity contribution < 1.29 is 0 Å². The third kappa shape index (κ3) is 2.16. The van der Waals surface area contributed by atoms with E-state index in [9.17, 15) is 0 Å². The minimum absolute atomic E-state index is 0.877. The van der Waals surface area contributed by atoms with Gasteiger partial charge in [-0.25, -0.2) is 0 Å². The summed E-state index contributed by atoms with van der Waals surface area (Å²) in [5.74, 6) is 0. The second-order valence-corrected chi connectivity index (χ2v) is 3.58. The van der Waals surface area contributed by atoms with E-state index in [-0.39, 0.29) is 0 Å². The Morgan fingerprint density at radius 2 is 2.30 bits per heavy atom. The lowest BCUT2D eigenvalue weighted by molar-refractivity contribution is 0.406. The van der Waals surface area contributed by atoms with Crippen LogP contribution in [0, 0.1) is 0 Å². The molecule has 1 aromatic heterocycles. The fraction of sp³-hybridized carbons (Fsp3) is 0.429. The normalized spacial score (nSPS) is 10.7. The van der Waals surface area contributed by atoms with Crippen molar-refractivity contribution in [2.45, 2.75) is 6.54 Å². The number of hydrogen-bond donors (Lipinski definition) is 0. The summed E-state index contributed by atoms with van der Waals surface area (Å²) in [6.45, 7) is 0.988. The van der Waals surface area contributed by atoms with Gasteiger partial charge in [0.1, 0.15) is 7.85 Å². The molecule has 1 nitrogen and oxygen atoms in total. The molecule has 0 saturated heterocycles. The molecule has 0 aliphatic heterocycles. The second kappa shape index (κ2) is 3.22. The van der Waals surface area contributed by atoms with Gasteiger partial charge in [0.25, 0.3) is 0 Å². The molecule has 1 rings (SSSR count).